The molecule has 0 aliphatic heterocycles. The molecule has 102 valence electrons. The fourth-order valence-electron chi connectivity index (χ4n) is 1.70. The number of sulfone groups is 1. The monoisotopic (exact) mass is 286 g/mol. The van der Waals surface area contributed by atoms with Crippen LogP contribution in [-0.2, 0) is 9.84 Å². The van der Waals surface area contributed by atoms with Crippen molar-refractivity contribution in [2.45, 2.75) is 4.90 Å². The predicted molar refractivity (Wildman–Crippen MR) is 79.4 cm³/mol. The number of ketones is 1. The SMILES string of the molecule is CS(=O)(=O)c1ccc(C(=O)/C=C\c2ccccc2)cc1. The van der Waals surface area contributed by atoms with Crippen LogP contribution in [0.3, 0.4) is 0 Å². The van der Waals surface area contributed by atoms with Crippen molar-refractivity contribution in [1.29, 1.82) is 0 Å². The minimum absolute atomic E-state index is 0.158. The number of benzene rings is 2. The minimum atomic E-state index is -3.23. The Morgan fingerprint density at radius 2 is 1.55 bits per heavy atom. The van der Waals surface area contributed by atoms with E-state index < -0.39 is 9.84 Å². The van der Waals surface area contributed by atoms with E-state index in [-0.39, 0.29) is 10.7 Å². The lowest BCUT2D eigenvalue weighted by Crippen LogP contribution is -1.99. The fraction of sp³-hybridized carbons (Fsp3) is 0.0625. The van der Waals surface area contributed by atoms with Crippen LogP contribution in [0.15, 0.2) is 65.6 Å². The molecule has 2 aromatic rings. The summed E-state index contributed by atoms with van der Waals surface area (Å²) in [4.78, 5) is 12.2. The van der Waals surface area contributed by atoms with E-state index in [0.29, 0.717) is 5.56 Å². The molecule has 0 atom stereocenters. The van der Waals surface area contributed by atoms with Gasteiger partial charge in [0, 0.05) is 11.8 Å². The van der Waals surface area contributed by atoms with E-state index in [1.54, 1.807) is 6.08 Å². The minimum Gasteiger partial charge on any atom is -0.289 e. The summed E-state index contributed by atoms with van der Waals surface area (Å²) in [7, 11) is -3.23. The third kappa shape index (κ3) is 3.65. The van der Waals surface area contributed by atoms with Gasteiger partial charge in [0.05, 0.1) is 4.90 Å². The van der Waals surface area contributed by atoms with Crippen molar-refractivity contribution in [3.63, 3.8) is 0 Å². The average Bonchev–Trinajstić information content (AvgIpc) is 2.45. The number of allylic oxidation sites excluding steroid dienone is 1. The molecule has 0 saturated carbocycles. The summed E-state index contributed by atoms with van der Waals surface area (Å²) in [6, 6.07) is 15.4. The molecule has 0 aliphatic rings. The highest BCUT2D eigenvalue weighted by molar-refractivity contribution is 7.90. The van der Waals surface area contributed by atoms with E-state index in [2.05, 4.69) is 0 Å². The standard InChI is InChI=1S/C16H14O3S/c1-20(18,19)15-10-8-14(9-11-15)16(17)12-7-13-5-3-2-4-6-13/h2-12H,1H3/b12-7-. The van der Waals surface area contributed by atoms with Gasteiger partial charge in [-0.05, 0) is 35.9 Å². The van der Waals surface area contributed by atoms with E-state index in [9.17, 15) is 13.2 Å². The lowest BCUT2D eigenvalue weighted by Gasteiger charge is -1.99. The highest BCUT2D eigenvalue weighted by Gasteiger charge is 2.08. The molecule has 0 heterocycles. The van der Waals surface area contributed by atoms with Crippen molar-refractivity contribution in [3.8, 4) is 0 Å². The highest BCUT2D eigenvalue weighted by atomic mass is 32.2. The first-order chi connectivity index (χ1) is 9.47. The molecule has 2 rings (SSSR count). The number of hydrogen-bond acceptors (Lipinski definition) is 3. The van der Waals surface area contributed by atoms with Crippen molar-refractivity contribution in [2.75, 3.05) is 6.26 Å². The molecule has 2 aromatic carbocycles. The summed E-state index contributed by atoms with van der Waals surface area (Å²) >= 11 is 0. The van der Waals surface area contributed by atoms with Gasteiger partial charge in [0.1, 0.15) is 0 Å². The zero-order valence-corrected chi connectivity index (χ0v) is 11.8. The summed E-state index contributed by atoms with van der Waals surface area (Å²) in [6.45, 7) is 0. The lowest BCUT2D eigenvalue weighted by molar-refractivity contribution is 0.104. The molecule has 0 fully saturated rings. The molecule has 0 aromatic heterocycles. The molecule has 20 heavy (non-hydrogen) atoms. The van der Waals surface area contributed by atoms with Crippen molar-refractivity contribution in [2.24, 2.45) is 0 Å². The van der Waals surface area contributed by atoms with Crippen LogP contribution >= 0.6 is 0 Å². The van der Waals surface area contributed by atoms with Gasteiger partial charge in [-0.15, -0.1) is 0 Å². The molecule has 4 heteroatoms. The van der Waals surface area contributed by atoms with Gasteiger partial charge in [-0.25, -0.2) is 8.42 Å². The maximum atomic E-state index is 11.9. The van der Waals surface area contributed by atoms with Crippen LogP contribution in [0.4, 0.5) is 0 Å². The Balaban J connectivity index is 2.16. The molecule has 0 N–H and O–H groups in total. The van der Waals surface area contributed by atoms with Crippen LogP contribution < -0.4 is 0 Å². The third-order valence-corrected chi connectivity index (χ3v) is 3.92. The maximum absolute atomic E-state index is 11.9. The maximum Gasteiger partial charge on any atom is 0.185 e. The molecular weight excluding hydrogens is 272 g/mol. The topological polar surface area (TPSA) is 51.2 Å². The first-order valence-corrected chi connectivity index (χ1v) is 7.93. The average molecular weight is 286 g/mol. The number of carbonyl (C=O) groups is 1. The summed E-state index contributed by atoms with van der Waals surface area (Å²) in [5, 5.41) is 0. The molecule has 0 saturated heterocycles. The summed E-state index contributed by atoms with van der Waals surface area (Å²) < 4.78 is 22.7. The number of carbonyl (C=O) groups excluding carboxylic acids is 1. The Kier molecular flexibility index (Phi) is 4.15. The Bertz CT molecular complexity index is 727. The smallest absolute Gasteiger partial charge is 0.185 e. The van der Waals surface area contributed by atoms with Crippen molar-refractivity contribution >= 4 is 21.7 Å². The van der Waals surface area contributed by atoms with E-state index >= 15 is 0 Å². The van der Waals surface area contributed by atoms with Crippen LogP contribution in [-0.4, -0.2) is 20.5 Å². The van der Waals surface area contributed by atoms with E-state index in [1.165, 1.54) is 30.3 Å². The van der Waals surface area contributed by atoms with Crippen LogP contribution in [0.5, 0.6) is 0 Å². The van der Waals surface area contributed by atoms with Gasteiger partial charge in [-0.1, -0.05) is 36.4 Å². The van der Waals surface area contributed by atoms with Gasteiger partial charge in [0.25, 0.3) is 0 Å². The molecule has 0 radical (unpaired) electrons. The van der Waals surface area contributed by atoms with Gasteiger partial charge in [-0.3, -0.25) is 4.79 Å². The van der Waals surface area contributed by atoms with E-state index in [1.807, 2.05) is 30.3 Å². The van der Waals surface area contributed by atoms with Crippen LogP contribution in [0.1, 0.15) is 15.9 Å². The van der Waals surface area contributed by atoms with Crippen LogP contribution in [0, 0.1) is 0 Å². The van der Waals surface area contributed by atoms with Crippen molar-refractivity contribution < 1.29 is 13.2 Å². The lowest BCUT2D eigenvalue weighted by atomic mass is 10.1. The molecule has 0 amide bonds. The van der Waals surface area contributed by atoms with Crippen molar-refractivity contribution in [1.82, 2.24) is 0 Å². The molecule has 3 nitrogen and oxygen atoms in total. The van der Waals surface area contributed by atoms with Gasteiger partial charge < -0.3 is 0 Å². The largest absolute Gasteiger partial charge is 0.289 e. The summed E-state index contributed by atoms with van der Waals surface area (Å²) in [6.07, 6.45) is 4.34. The Morgan fingerprint density at radius 1 is 0.950 bits per heavy atom. The third-order valence-electron chi connectivity index (χ3n) is 2.79. The second kappa shape index (κ2) is 5.84. The zero-order valence-electron chi connectivity index (χ0n) is 11.0. The molecule has 0 bridgehead atoms. The molecule has 0 spiro atoms. The molecule has 0 aliphatic carbocycles. The second-order valence-corrected chi connectivity index (χ2v) is 6.42. The Morgan fingerprint density at radius 3 is 2.10 bits per heavy atom. The quantitative estimate of drug-likeness (QED) is 0.641. The summed E-state index contributed by atoms with van der Waals surface area (Å²) in [5.41, 5.74) is 1.40. The van der Waals surface area contributed by atoms with E-state index in [0.717, 1.165) is 11.8 Å². The van der Waals surface area contributed by atoms with Gasteiger partial charge in [0.15, 0.2) is 15.6 Å². The summed E-state index contributed by atoms with van der Waals surface area (Å²) in [5.74, 6) is -0.158. The van der Waals surface area contributed by atoms with Crippen LogP contribution in [0.25, 0.3) is 6.08 Å². The van der Waals surface area contributed by atoms with E-state index in [4.69, 9.17) is 0 Å². The number of rotatable bonds is 4. The zero-order chi connectivity index (χ0) is 14.6. The Hall–Kier alpha value is -2.20. The normalized spacial score (nSPS) is 11.7. The first-order valence-electron chi connectivity index (χ1n) is 6.04. The van der Waals surface area contributed by atoms with Gasteiger partial charge in [0.2, 0.25) is 0 Å². The van der Waals surface area contributed by atoms with Crippen LogP contribution in [0.2, 0.25) is 0 Å². The van der Waals surface area contributed by atoms with Gasteiger partial charge >= 0.3 is 0 Å². The van der Waals surface area contributed by atoms with Gasteiger partial charge in [-0.2, -0.15) is 0 Å². The second-order valence-electron chi connectivity index (χ2n) is 4.40. The molecular formula is C16H14O3S. The number of hydrogen-bond donors (Lipinski definition) is 0. The predicted octanol–water partition coefficient (Wildman–Crippen LogP) is 2.99. The Labute approximate surface area is 118 Å². The first kappa shape index (κ1) is 14.2. The molecule has 0 unspecified atom stereocenters. The highest BCUT2D eigenvalue weighted by Crippen LogP contribution is 2.11. The van der Waals surface area contributed by atoms with Crippen molar-refractivity contribution in [3.05, 3.63) is 71.8 Å². The fourth-order valence-corrected chi connectivity index (χ4v) is 2.33.